The fourth-order valence-corrected chi connectivity index (χ4v) is 8.15. The first-order valence-corrected chi connectivity index (χ1v) is 16.7. The second kappa shape index (κ2) is 14.3. The van der Waals surface area contributed by atoms with Crippen molar-refractivity contribution in [3.8, 4) is 34.4 Å². The summed E-state index contributed by atoms with van der Waals surface area (Å²) in [5.41, 5.74) is -20.1. The van der Waals surface area contributed by atoms with Crippen molar-refractivity contribution >= 4 is 45.8 Å². The first kappa shape index (κ1) is 40.2. The van der Waals surface area contributed by atoms with Crippen LogP contribution in [0, 0.1) is 59.1 Å². The van der Waals surface area contributed by atoms with Crippen molar-refractivity contribution in [2.45, 2.75) is 46.1 Å². The van der Waals surface area contributed by atoms with E-state index in [2.05, 4.69) is 9.69 Å². The fourth-order valence-electron chi connectivity index (χ4n) is 6.21. The second-order valence-corrected chi connectivity index (χ2v) is 14.3. The van der Waals surface area contributed by atoms with Gasteiger partial charge in [0.1, 0.15) is 54.1 Å². The van der Waals surface area contributed by atoms with Crippen molar-refractivity contribution in [1.29, 1.82) is 10.5 Å². The molecule has 4 nitrogen and oxygen atoms in total. The van der Waals surface area contributed by atoms with Crippen LogP contribution in [0.4, 0.5) is 57.1 Å². The zero-order valence-electron chi connectivity index (χ0n) is 26.2. The van der Waals surface area contributed by atoms with Gasteiger partial charge in [0.2, 0.25) is 0 Å². The minimum absolute atomic E-state index is 0.0333. The SMILES string of the molecule is [C-]#[N+]C([N+]#[C-])=C1Cc2c(-c3cc(F)c(SC(F)(F)F)c(F)c3)c3c(c(-c4cc(F)c(SC(F)(F)F)c(F)c4)c2=C1C)CC(=C(C#N)C#N)C=3SC(F)(F)F. The summed E-state index contributed by atoms with van der Waals surface area (Å²) < 4.78 is 183. The van der Waals surface area contributed by atoms with E-state index in [0.717, 1.165) is 0 Å². The molecule has 3 aromatic carbocycles. The summed E-state index contributed by atoms with van der Waals surface area (Å²) in [7, 11) is 0. The molecular weight excluding hydrogens is 808 g/mol. The lowest BCUT2D eigenvalue weighted by molar-refractivity contribution is -0.0339. The molecule has 0 aromatic heterocycles. The van der Waals surface area contributed by atoms with E-state index in [1.807, 2.05) is 0 Å². The summed E-state index contributed by atoms with van der Waals surface area (Å²) in [6.45, 7) is 16.3. The van der Waals surface area contributed by atoms with Crippen molar-refractivity contribution in [1.82, 2.24) is 0 Å². The Morgan fingerprint density at radius 3 is 1.37 bits per heavy atom. The summed E-state index contributed by atoms with van der Waals surface area (Å²) in [6.07, 6.45) is -1.40. The Kier molecular flexibility index (Phi) is 10.7. The third kappa shape index (κ3) is 7.65. The molecule has 5 rings (SSSR count). The molecule has 20 heteroatoms. The number of thioether (sulfide) groups is 3. The Labute approximate surface area is 307 Å². The number of nitrogens with zero attached hydrogens (tertiary/aromatic N) is 4. The Morgan fingerprint density at radius 1 is 0.630 bits per heavy atom. The number of alkyl halides is 9. The van der Waals surface area contributed by atoms with Crippen LogP contribution in [0.5, 0.6) is 0 Å². The lowest BCUT2D eigenvalue weighted by Gasteiger charge is -2.19. The number of fused-ring (bicyclic) bond motifs is 2. The van der Waals surface area contributed by atoms with Crippen molar-refractivity contribution in [2.24, 2.45) is 0 Å². The third-order valence-corrected chi connectivity index (χ3v) is 10.5. The standard InChI is InChI=1S/C34H11F13N4S3/c1-12-16(31(50-2)51-3)8-18-24(12)25(13-4-20(35)29(21(36)5-13)53-33(42,43)44)19-9-17(15(10-48)11-49)28(52-32(39,40)41)27(19)26(18)14-6-22(37)30(23(38)7-14)54-34(45,46)47/h4-7H,8-9H2,1H3. The monoisotopic (exact) mass is 818 g/mol. The van der Waals surface area contributed by atoms with Crippen molar-refractivity contribution in [3.05, 3.63) is 114 Å². The van der Waals surface area contributed by atoms with Crippen molar-refractivity contribution in [3.63, 3.8) is 0 Å². The first-order chi connectivity index (χ1) is 25.0. The molecule has 0 radical (unpaired) electrons. The van der Waals surface area contributed by atoms with E-state index in [-0.39, 0.29) is 33.1 Å². The molecule has 0 saturated carbocycles. The summed E-state index contributed by atoms with van der Waals surface area (Å²) in [4.78, 5) is 2.32. The normalized spacial score (nSPS) is 14.0. The lowest BCUT2D eigenvalue weighted by Crippen LogP contribution is -2.25. The van der Waals surface area contributed by atoms with Crippen LogP contribution >= 0.6 is 35.3 Å². The molecule has 276 valence electrons. The van der Waals surface area contributed by atoms with Crippen LogP contribution in [0.1, 0.15) is 18.1 Å². The lowest BCUT2D eigenvalue weighted by atomic mass is 9.87. The van der Waals surface area contributed by atoms with E-state index in [0.29, 0.717) is 24.3 Å². The average Bonchev–Trinajstić information content (AvgIpc) is 3.56. The molecule has 0 unspecified atom stereocenters. The predicted molar refractivity (Wildman–Crippen MR) is 172 cm³/mol. The highest BCUT2D eigenvalue weighted by Gasteiger charge is 2.41. The van der Waals surface area contributed by atoms with Gasteiger partial charge in [-0.1, -0.05) is 0 Å². The number of benzene rings is 3. The van der Waals surface area contributed by atoms with Crippen LogP contribution in [0.2, 0.25) is 0 Å². The Hall–Kier alpha value is -5.02. The second-order valence-electron chi connectivity index (χ2n) is 11.0. The minimum atomic E-state index is -5.22. The van der Waals surface area contributed by atoms with Gasteiger partial charge in [-0.25, -0.2) is 17.6 Å². The fraction of sp³-hybridized carbons (Fsp3) is 0.176. The number of allylic oxidation sites excluding steroid dienone is 2. The van der Waals surface area contributed by atoms with Crippen molar-refractivity contribution in [2.75, 3.05) is 0 Å². The quantitative estimate of drug-likeness (QED) is 0.111. The number of hydrogen-bond acceptors (Lipinski definition) is 5. The molecule has 0 spiro atoms. The molecule has 0 heterocycles. The highest BCUT2D eigenvalue weighted by atomic mass is 32.2. The Morgan fingerprint density at radius 2 is 1.00 bits per heavy atom. The molecule has 0 bridgehead atoms. The molecule has 2 aliphatic rings. The minimum Gasteiger partial charge on any atom is -0.206 e. The van der Waals surface area contributed by atoms with Gasteiger partial charge in [0.05, 0.1) is 15.4 Å². The molecule has 3 aromatic rings. The van der Waals surface area contributed by atoms with Gasteiger partial charge in [-0.3, -0.25) is 0 Å². The number of nitriles is 2. The molecule has 2 aliphatic carbocycles. The Bertz CT molecular complexity index is 2460. The summed E-state index contributed by atoms with van der Waals surface area (Å²) in [5.74, 6) is -7.78. The summed E-state index contributed by atoms with van der Waals surface area (Å²) in [5, 5.41) is 18.6. The van der Waals surface area contributed by atoms with E-state index in [1.54, 1.807) is 0 Å². The molecule has 0 amide bonds. The van der Waals surface area contributed by atoms with Gasteiger partial charge >= 0.3 is 22.3 Å². The maximum atomic E-state index is 15.4. The molecule has 0 aliphatic heterocycles. The van der Waals surface area contributed by atoms with Crippen LogP contribution in [0.25, 0.3) is 42.4 Å². The van der Waals surface area contributed by atoms with Crippen LogP contribution in [0.3, 0.4) is 0 Å². The first-order valence-electron chi connectivity index (χ1n) is 14.2. The zero-order valence-corrected chi connectivity index (χ0v) is 28.6. The van der Waals surface area contributed by atoms with E-state index < -0.39 is 141 Å². The number of hydrogen-bond donors (Lipinski definition) is 0. The van der Waals surface area contributed by atoms with Crippen LogP contribution < -0.4 is 10.4 Å². The molecule has 0 fully saturated rings. The number of halogens is 13. The zero-order chi connectivity index (χ0) is 40.2. The van der Waals surface area contributed by atoms with Gasteiger partial charge in [-0.15, -0.1) is 0 Å². The van der Waals surface area contributed by atoms with Crippen molar-refractivity contribution < 1.29 is 57.1 Å². The van der Waals surface area contributed by atoms with Gasteiger partial charge in [0.25, 0.3) is 0 Å². The maximum absolute atomic E-state index is 15.4. The van der Waals surface area contributed by atoms with E-state index in [9.17, 15) is 50.0 Å². The van der Waals surface area contributed by atoms with E-state index in [4.69, 9.17) is 13.1 Å². The smallest absolute Gasteiger partial charge is 0.206 e. The largest absolute Gasteiger partial charge is 0.523 e. The molecule has 0 saturated heterocycles. The van der Waals surface area contributed by atoms with Crippen LogP contribution in [0.15, 0.2) is 56.6 Å². The molecule has 54 heavy (non-hydrogen) atoms. The highest BCUT2D eigenvalue weighted by Crippen LogP contribution is 2.49. The third-order valence-electron chi connectivity index (χ3n) is 7.98. The van der Waals surface area contributed by atoms with E-state index >= 15 is 17.6 Å². The summed E-state index contributed by atoms with van der Waals surface area (Å²) >= 11 is -3.20. The molecule has 0 atom stereocenters. The highest BCUT2D eigenvalue weighted by molar-refractivity contribution is 8.09. The predicted octanol–water partition coefficient (Wildman–Crippen LogP) is 10.8. The number of rotatable bonds is 5. The summed E-state index contributed by atoms with van der Waals surface area (Å²) in [6, 6.07) is 4.50. The van der Waals surface area contributed by atoms with Gasteiger partial charge < -0.3 is 0 Å². The average molecular weight is 819 g/mol. The molecule has 0 N–H and O–H groups in total. The van der Waals surface area contributed by atoms with Gasteiger partial charge in [-0.2, -0.15) is 59.7 Å². The van der Waals surface area contributed by atoms with Crippen LogP contribution in [-0.4, -0.2) is 16.5 Å². The van der Waals surface area contributed by atoms with E-state index in [1.165, 1.54) is 19.1 Å². The molecular formula is C34H11F13N4S3. The maximum Gasteiger partial charge on any atom is 0.523 e. The topological polar surface area (TPSA) is 56.3 Å². The van der Waals surface area contributed by atoms with Crippen LogP contribution in [-0.2, 0) is 12.8 Å². The van der Waals surface area contributed by atoms with Gasteiger partial charge in [-0.05, 0) is 123 Å². The van der Waals surface area contributed by atoms with Gasteiger partial charge in [0.15, 0.2) is 0 Å². The Balaban J connectivity index is 2.11. The van der Waals surface area contributed by atoms with Gasteiger partial charge in [0, 0.05) is 16.5 Å².